The molecule has 0 radical (unpaired) electrons. The standard InChI is InChI=1S/C18H20N2O2/c1-18(12-21,16-7-8-16)20-17(22)15-9-14(10-19-11-15)13-5-3-2-4-6-13/h2-6,9-11,16,21H,7-8,12H2,1H3,(H,20,22). The summed E-state index contributed by atoms with van der Waals surface area (Å²) in [5, 5.41) is 12.6. The Kier molecular flexibility index (Phi) is 3.94. The van der Waals surface area contributed by atoms with Crippen LogP contribution in [0, 0.1) is 5.92 Å². The summed E-state index contributed by atoms with van der Waals surface area (Å²) < 4.78 is 0. The van der Waals surface area contributed by atoms with Gasteiger partial charge in [0.15, 0.2) is 0 Å². The number of nitrogens with one attached hydrogen (secondary N) is 1. The maximum atomic E-state index is 12.5. The lowest BCUT2D eigenvalue weighted by atomic mass is 9.96. The van der Waals surface area contributed by atoms with E-state index < -0.39 is 5.54 Å². The van der Waals surface area contributed by atoms with Crippen LogP contribution in [0.1, 0.15) is 30.1 Å². The number of rotatable bonds is 5. The summed E-state index contributed by atoms with van der Waals surface area (Å²) in [6.07, 6.45) is 5.42. The number of pyridine rings is 1. The van der Waals surface area contributed by atoms with Gasteiger partial charge in [0.25, 0.3) is 5.91 Å². The Morgan fingerprint density at radius 2 is 2.00 bits per heavy atom. The molecule has 1 aromatic heterocycles. The fourth-order valence-corrected chi connectivity index (χ4v) is 2.68. The zero-order chi connectivity index (χ0) is 15.6. The molecule has 2 N–H and O–H groups in total. The number of hydrogen-bond acceptors (Lipinski definition) is 3. The molecule has 114 valence electrons. The van der Waals surface area contributed by atoms with Crippen molar-refractivity contribution >= 4 is 5.91 Å². The van der Waals surface area contributed by atoms with Crippen LogP contribution in [0.4, 0.5) is 0 Å². The lowest BCUT2D eigenvalue weighted by molar-refractivity contribution is 0.0824. The minimum Gasteiger partial charge on any atom is -0.394 e. The highest BCUT2D eigenvalue weighted by Crippen LogP contribution is 2.39. The number of aromatic nitrogens is 1. The second-order valence-corrected chi connectivity index (χ2v) is 6.13. The predicted molar refractivity (Wildman–Crippen MR) is 85.4 cm³/mol. The number of carbonyl (C=O) groups excluding carboxylic acids is 1. The quantitative estimate of drug-likeness (QED) is 0.891. The Morgan fingerprint density at radius 3 is 2.64 bits per heavy atom. The van der Waals surface area contributed by atoms with E-state index in [2.05, 4.69) is 10.3 Å². The Labute approximate surface area is 130 Å². The second-order valence-electron chi connectivity index (χ2n) is 6.13. The van der Waals surface area contributed by atoms with Gasteiger partial charge in [-0.3, -0.25) is 9.78 Å². The number of aliphatic hydroxyl groups excluding tert-OH is 1. The normalized spacial score (nSPS) is 16.8. The molecule has 1 atom stereocenters. The van der Waals surface area contributed by atoms with Crippen molar-refractivity contribution in [3.8, 4) is 11.1 Å². The first-order chi connectivity index (χ1) is 10.6. The topological polar surface area (TPSA) is 62.2 Å². The highest BCUT2D eigenvalue weighted by molar-refractivity contribution is 5.95. The Bertz CT molecular complexity index is 668. The molecule has 1 amide bonds. The summed E-state index contributed by atoms with van der Waals surface area (Å²) in [5.74, 6) is 0.181. The van der Waals surface area contributed by atoms with E-state index in [1.165, 1.54) is 0 Å². The zero-order valence-electron chi connectivity index (χ0n) is 12.6. The van der Waals surface area contributed by atoms with Crippen LogP contribution in [0.5, 0.6) is 0 Å². The second kappa shape index (κ2) is 5.89. The van der Waals surface area contributed by atoms with E-state index in [0.29, 0.717) is 11.5 Å². The summed E-state index contributed by atoms with van der Waals surface area (Å²) in [6.45, 7) is 1.85. The van der Waals surface area contributed by atoms with Crippen molar-refractivity contribution in [2.75, 3.05) is 6.61 Å². The molecular weight excluding hydrogens is 276 g/mol. The van der Waals surface area contributed by atoms with E-state index in [9.17, 15) is 9.90 Å². The molecule has 1 aliphatic carbocycles. The van der Waals surface area contributed by atoms with Gasteiger partial charge in [-0.25, -0.2) is 0 Å². The molecular formula is C18H20N2O2. The van der Waals surface area contributed by atoms with Gasteiger partial charge in [-0.05, 0) is 37.3 Å². The number of amides is 1. The van der Waals surface area contributed by atoms with Crippen LogP contribution in [-0.2, 0) is 0 Å². The highest BCUT2D eigenvalue weighted by atomic mass is 16.3. The van der Waals surface area contributed by atoms with E-state index in [4.69, 9.17) is 0 Å². The van der Waals surface area contributed by atoms with Crippen molar-refractivity contribution in [2.45, 2.75) is 25.3 Å². The minimum atomic E-state index is -0.542. The molecule has 1 saturated carbocycles. The lowest BCUT2D eigenvalue weighted by Gasteiger charge is -2.28. The van der Waals surface area contributed by atoms with E-state index in [1.54, 1.807) is 12.4 Å². The fraction of sp³-hybridized carbons (Fsp3) is 0.333. The van der Waals surface area contributed by atoms with Crippen molar-refractivity contribution < 1.29 is 9.90 Å². The molecule has 22 heavy (non-hydrogen) atoms. The average Bonchev–Trinajstić information content (AvgIpc) is 3.41. The van der Waals surface area contributed by atoms with Crippen molar-refractivity contribution in [1.82, 2.24) is 10.3 Å². The molecule has 0 bridgehead atoms. The third-order valence-electron chi connectivity index (χ3n) is 4.31. The molecule has 0 saturated heterocycles. The van der Waals surface area contributed by atoms with Gasteiger partial charge in [-0.1, -0.05) is 30.3 Å². The van der Waals surface area contributed by atoms with Crippen molar-refractivity contribution in [3.63, 3.8) is 0 Å². The molecule has 1 aliphatic rings. The maximum Gasteiger partial charge on any atom is 0.253 e. The molecule has 4 nitrogen and oxygen atoms in total. The number of hydrogen-bond donors (Lipinski definition) is 2. The van der Waals surface area contributed by atoms with Crippen molar-refractivity contribution in [3.05, 3.63) is 54.4 Å². The van der Waals surface area contributed by atoms with Gasteiger partial charge in [0.2, 0.25) is 0 Å². The summed E-state index contributed by atoms with van der Waals surface area (Å²) >= 11 is 0. The van der Waals surface area contributed by atoms with Crippen LogP contribution in [-0.4, -0.2) is 28.1 Å². The molecule has 2 aromatic rings. The van der Waals surface area contributed by atoms with Crippen LogP contribution < -0.4 is 5.32 Å². The van der Waals surface area contributed by atoms with Crippen LogP contribution in [0.2, 0.25) is 0 Å². The number of aliphatic hydroxyl groups is 1. The molecule has 4 heteroatoms. The van der Waals surface area contributed by atoms with Gasteiger partial charge >= 0.3 is 0 Å². The largest absolute Gasteiger partial charge is 0.394 e. The SMILES string of the molecule is CC(CO)(NC(=O)c1cncc(-c2ccccc2)c1)C1CC1. The summed E-state index contributed by atoms with van der Waals surface area (Å²) in [6, 6.07) is 11.7. The number of carbonyl (C=O) groups is 1. The molecule has 1 fully saturated rings. The van der Waals surface area contributed by atoms with Gasteiger partial charge in [-0.15, -0.1) is 0 Å². The summed E-state index contributed by atoms with van der Waals surface area (Å²) in [7, 11) is 0. The van der Waals surface area contributed by atoms with E-state index in [-0.39, 0.29) is 12.5 Å². The van der Waals surface area contributed by atoms with Crippen LogP contribution in [0.25, 0.3) is 11.1 Å². The van der Waals surface area contributed by atoms with Gasteiger partial charge in [0.05, 0.1) is 17.7 Å². The first-order valence-corrected chi connectivity index (χ1v) is 7.56. The number of benzene rings is 1. The highest BCUT2D eigenvalue weighted by Gasteiger charge is 2.42. The van der Waals surface area contributed by atoms with E-state index in [1.807, 2.05) is 43.3 Å². The van der Waals surface area contributed by atoms with E-state index in [0.717, 1.165) is 24.0 Å². The third kappa shape index (κ3) is 3.02. The summed E-state index contributed by atoms with van der Waals surface area (Å²) in [5.41, 5.74) is 1.91. The maximum absolute atomic E-state index is 12.5. The Balaban J connectivity index is 1.81. The van der Waals surface area contributed by atoms with Crippen LogP contribution in [0.15, 0.2) is 48.8 Å². The average molecular weight is 296 g/mol. The first kappa shape index (κ1) is 14.7. The van der Waals surface area contributed by atoms with Crippen molar-refractivity contribution in [2.24, 2.45) is 5.92 Å². The van der Waals surface area contributed by atoms with Crippen molar-refractivity contribution in [1.29, 1.82) is 0 Å². The van der Waals surface area contributed by atoms with Crippen LogP contribution in [0.3, 0.4) is 0 Å². The monoisotopic (exact) mass is 296 g/mol. The predicted octanol–water partition coefficient (Wildman–Crippen LogP) is 2.64. The third-order valence-corrected chi connectivity index (χ3v) is 4.31. The smallest absolute Gasteiger partial charge is 0.253 e. The molecule has 3 rings (SSSR count). The Hall–Kier alpha value is -2.20. The van der Waals surface area contributed by atoms with Crippen LogP contribution >= 0.6 is 0 Å². The zero-order valence-corrected chi connectivity index (χ0v) is 12.6. The van der Waals surface area contributed by atoms with Gasteiger partial charge in [0, 0.05) is 18.0 Å². The molecule has 1 aromatic carbocycles. The van der Waals surface area contributed by atoms with Gasteiger partial charge in [0.1, 0.15) is 0 Å². The molecule has 1 unspecified atom stereocenters. The first-order valence-electron chi connectivity index (χ1n) is 7.56. The molecule has 0 spiro atoms. The fourth-order valence-electron chi connectivity index (χ4n) is 2.68. The van der Waals surface area contributed by atoms with Gasteiger partial charge < -0.3 is 10.4 Å². The molecule has 1 heterocycles. The molecule has 0 aliphatic heterocycles. The van der Waals surface area contributed by atoms with Gasteiger partial charge in [-0.2, -0.15) is 0 Å². The lowest BCUT2D eigenvalue weighted by Crippen LogP contribution is -2.50. The van der Waals surface area contributed by atoms with E-state index >= 15 is 0 Å². The minimum absolute atomic E-state index is 0.0464. The number of nitrogens with zero attached hydrogens (tertiary/aromatic N) is 1. The summed E-state index contributed by atoms with van der Waals surface area (Å²) in [4.78, 5) is 16.6. The Morgan fingerprint density at radius 1 is 1.27 bits per heavy atom.